The highest BCUT2D eigenvalue weighted by atomic mass is 16.5. The fraction of sp³-hybridized carbons (Fsp3) is 0.625. The van der Waals surface area contributed by atoms with Crippen molar-refractivity contribution in [1.29, 1.82) is 0 Å². The molecule has 1 rings (SSSR count). The Bertz CT molecular complexity index is 348. The number of aliphatic hydroxyl groups excluding tert-OH is 1. The lowest BCUT2D eigenvalue weighted by Gasteiger charge is -2.26. The maximum atomic E-state index is 9.81. The summed E-state index contributed by atoms with van der Waals surface area (Å²) < 4.78 is 5.17. The van der Waals surface area contributed by atoms with Gasteiger partial charge in [-0.3, -0.25) is 0 Å². The monoisotopic (exact) mass is 265 g/mol. The van der Waals surface area contributed by atoms with Crippen molar-refractivity contribution in [2.24, 2.45) is 5.92 Å². The maximum absolute atomic E-state index is 9.81. The zero-order valence-corrected chi connectivity index (χ0v) is 12.6. The standard InChI is InChI=1S/C16H27NO2/c1-5-16(18)14-6-8-15(9-7-14)17(10-11-19-4)12-13(2)3/h6-9,13,16,18H,5,10-12H2,1-4H3/t16-/m1/s1. The van der Waals surface area contributed by atoms with Crippen LogP contribution in [-0.4, -0.2) is 31.9 Å². The number of methoxy groups -OCH3 is 1. The molecule has 1 atom stereocenters. The van der Waals surface area contributed by atoms with E-state index in [1.807, 2.05) is 19.1 Å². The number of nitrogens with zero attached hydrogens (tertiary/aromatic N) is 1. The van der Waals surface area contributed by atoms with E-state index in [2.05, 4.69) is 30.9 Å². The molecule has 3 heteroatoms. The van der Waals surface area contributed by atoms with Gasteiger partial charge in [0, 0.05) is 25.9 Å². The van der Waals surface area contributed by atoms with E-state index in [9.17, 15) is 5.11 Å². The van der Waals surface area contributed by atoms with Gasteiger partial charge in [0.25, 0.3) is 0 Å². The third-order valence-electron chi connectivity index (χ3n) is 3.18. The van der Waals surface area contributed by atoms with Crippen molar-refractivity contribution in [1.82, 2.24) is 0 Å². The van der Waals surface area contributed by atoms with Crippen LogP contribution in [0.15, 0.2) is 24.3 Å². The highest BCUT2D eigenvalue weighted by Gasteiger charge is 2.10. The van der Waals surface area contributed by atoms with Gasteiger partial charge < -0.3 is 14.7 Å². The maximum Gasteiger partial charge on any atom is 0.0787 e. The molecule has 0 aromatic heterocycles. The van der Waals surface area contributed by atoms with Crippen LogP contribution in [0, 0.1) is 5.92 Å². The molecule has 108 valence electrons. The van der Waals surface area contributed by atoms with E-state index in [4.69, 9.17) is 4.74 Å². The molecule has 3 nitrogen and oxygen atoms in total. The summed E-state index contributed by atoms with van der Waals surface area (Å²) in [6.07, 6.45) is 0.394. The lowest BCUT2D eigenvalue weighted by Crippen LogP contribution is -2.30. The Morgan fingerprint density at radius 1 is 1.21 bits per heavy atom. The molecule has 0 saturated heterocycles. The number of hydrogen-bond donors (Lipinski definition) is 1. The largest absolute Gasteiger partial charge is 0.388 e. The van der Waals surface area contributed by atoms with Gasteiger partial charge in [-0.05, 0) is 30.0 Å². The molecule has 0 unspecified atom stereocenters. The molecular formula is C16H27NO2. The van der Waals surface area contributed by atoms with Gasteiger partial charge >= 0.3 is 0 Å². The van der Waals surface area contributed by atoms with Crippen LogP contribution < -0.4 is 4.90 Å². The first-order chi connectivity index (χ1) is 9.08. The summed E-state index contributed by atoms with van der Waals surface area (Å²) in [7, 11) is 1.73. The Morgan fingerprint density at radius 2 is 1.84 bits per heavy atom. The number of rotatable bonds is 8. The van der Waals surface area contributed by atoms with E-state index in [0.717, 1.165) is 31.7 Å². The summed E-state index contributed by atoms with van der Waals surface area (Å²) in [5, 5.41) is 9.81. The molecule has 0 spiro atoms. The van der Waals surface area contributed by atoms with Gasteiger partial charge in [-0.15, -0.1) is 0 Å². The molecule has 0 fully saturated rings. The van der Waals surface area contributed by atoms with Crippen LogP contribution >= 0.6 is 0 Å². The Kier molecular flexibility index (Phi) is 6.89. The smallest absolute Gasteiger partial charge is 0.0787 e. The van der Waals surface area contributed by atoms with Gasteiger partial charge in [0.05, 0.1) is 12.7 Å². The zero-order valence-electron chi connectivity index (χ0n) is 12.6. The van der Waals surface area contributed by atoms with Crippen LogP contribution in [0.3, 0.4) is 0 Å². The van der Waals surface area contributed by atoms with Crippen molar-refractivity contribution in [2.75, 3.05) is 31.7 Å². The number of aliphatic hydroxyl groups is 1. The van der Waals surface area contributed by atoms with Crippen molar-refractivity contribution in [3.63, 3.8) is 0 Å². The number of benzene rings is 1. The predicted octanol–water partition coefficient (Wildman–Crippen LogP) is 3.24. The van der Waals surface area contributed by atoms with Crippen LogP contribution in [0.5, 0.6) is 0 Å². The fourth-order valence-electron chi connectivity index (χ4n) is 2.11. The Labute approximate surface area is 117 Å². The van der Waals surface area contributed by atoms with Gasteiger partial charge in [-0.25, -0.2) is 0 Å². The molecule has 1 aromatic rings. The predicted molar refractivity (Wildman–Crippen MR) is 80.6 cm³/mol. The van der Waals surface area contributed by atoms with Crippen molar-refractivity contribution in [3.8, 4) is 0 Å². The van der Waals surface area contributed by atoms with Gasteiger partial charge in [0.1, 0.15) is 0 Å². The molecule has 19 heavy (non-hydrogen) atoms. The third-order valence-corrected chi connectivity index (χ3v) is 3.18. The molecule has 0 aliphatic carbocycles. The average molecular weight is 265 g/mol. The van der Waals surface area contributed by atoms with Gasteiger partial charge in [-0.2, -0.15) is 0 Å². The van der Waals surface area contributed by atoms with Crippen LogP contribution in [0.2, 0.25) is 0 Å². The first-order valence-corrected chi connectivity index (χ1v) is 7.10. The molecule has 0 amide bonds. The molecule has 1 aromatic carbocycles. The zero-order chi connectivity index (χ0) is 14.3. The average Bonchev–Trinajstić information content (AvgIpc) is 2.42. The second kappa shape index (κ2) is 8.18. The second-order valence-corrected chi connectivity index (χ2v) is 5.35. The quantitative estimate of drug-likeness (QED) is 0.783. The normalized spacial score (nSPS) is 12.7. The van der Waals surface area contributed by atoms with E-state index in [1.165, 1.54) is 5.69 Å². The van der Waals surface area contributed by atoms with Gasteiger partial charge in [-0.1, -0.05) is 32.9 Å². The third kappa shape index (κ3) is 5.21. The minimum absolute atomic E-state index is 0.355. The molecule has 0 aliphatic heterocycles. The first-order valence-electron chi connectivity index (χ1n) is 7.10. The summed E-state index contributed by atoms with van der Waals surface area (Å²) in [5.74, 6) is 0.609. The molecule has 0 radical (unpaired) electrons. The van der Waals surface area contributed by atoms with Crippen LogP contribution in [0.4, 0.5) is 5.69 Å². The Hall–Kier alpha value is -1.06. The second-order valence-electron chi connectivity index (χ2n) is 5.35. The first kappa shape index (κ1) is 16.0. The fourth-order valence-corrected chi connectivity index (χ4v) is 2.11. The van der Waals surface area contributed by atoms with Gasteiger partial charge in [0.15, 0.2) is 0 Å². The van der Waals surface area contributed by atoms with E-state index >= 15 is 0 Å². The molecule has 0 heterocycles. The topological polar surface area (TPSA) is 32.7 Å². The Balaban J connectivity index is 2.77. The highest BCUT2D eigenvalue weighted by molar-refractivity contribution is 5.48. The van der Waals surface area contributed by atoms with E-state index in [0.29, 0.717) is 5.92 Å². The minimum Gasteiger partial charge on any atom is -0.388 e. The van der Waals surface area contributed by atoms with E-state index in [1.54, 1.807) is 7.11 Å². The van der Waals surface area contributed by atoms with Crippen LogP contribution in [0.1, 0.15) is 38.9 Å². The summed E-state index contributed by atoms with van der Waals surface area (Å²) in [6, 6.07) is 8.21. The lowest BCUT2D eigenvalue weighted by atomic mass is 10.1. The molecular weight excluding hydrogens is 238 g/mol. The number of anilines is 1. The number of ether oxygens (including phenoxy) is 1. The van der Waals surface area contributed by atoms with Crippen molar-refractivity contribution >= 4 is 5.69 Å². The molecule has 0 aliphatic rings. The minimum atomic E-state index is -0.355. The summed E-state index contributed by atoms with van der Waals surface area (Å²) >= 11 is 0. The van der Waals surface area contributed by atoms with E-state index < -0.39 is 0 Å². The van der Waals surface area contributed by atoms with Crippen molar-refractivity contribution < 1.29 is 9.84 Å². The summed E-state index contributed by atoms with van der Waals surface area (Å²) in [5.41, 5.74) is 2.18. The lowest BCUT2D eigenvalue weighted by molar-refractivity contribution is 0.173. The highest BCUT2D eigenvalue weighted by Crippen LogP contribution is 2.21. The van der Waals surface area contributed by atoms with Crippen molar-refractivity contribution in [3.05, 3.63) is 29.8 Å². The number of hydrogen-bond acceptors (Lipinski definition) is 3. The van der Waals surface area contributed by atoms with Crippen LogP contribution in [0.25, 0.3) is 0 Å². The van der Waals surface area contributed by atoms with Crippen molar-refractivity contribution in [2.45, 2.75) is 33.3 Å². The Morgan fingerprint density at radius 3 is 2.32 bits per heavy atom. The molecule has 1 N–H and O–H groups in total. The SMILES string of the molecule is CC[C@@H](O)c1ccc(N(CCOC)CC(C)C)cc1. The molecule has 0 bridgehead atoms. The summed E-state index contributed by atoms with van der Waals surface area (Å²) in [6.45, 7) is 9.06. The molecule has 0 saturated carbocycles. The van der Waals surface area contributed by atoms with Crippen LogP contribution in [-0.2, 0) is 4.74 Å². The summed E-state index contributed by atoms with van der Waals surface area (Å²) in [4.78, 5) is 2.33. The van der Waals surface area contributed by atoms with E-state index in [-0.39, 0.29) is 6.10 Å². The van der Waals surface area contributed by atoms with Gasteiger partial charge in [0.2, 0.25) is 0 Å².